The fourth-order valence-electron chi connectivity index (χ4n) is 2.22. The number of Topliss-reactive ketones (excluding diaryl/α,β-unsaturated/α-hetero) is 1. The van der Waals surface area contributed by atoms with Crippen LogP contribution in [0.1, 0.15) is 45.2 Å². The van der Waals surface area contributed by atoms with Gasteiger partial charge in [-0.2, -0.15) is 0 Å². The van der Waals surface area contributed by atoms with E-state index in [0.29, 0.717) is 31.4 Å². The zero-order valence-electron chi connectivity index (χ0n) is 13.6. The summed E-state index contributed by atoms with van der Waals surface area (Å²) in [5, 5.41) is 3.94. The first kappa shape index (κ1) is 17.3. The van der Waals surface area contributed by atoms with E-state index in [0.717, 1.165) is 17.1 Å². The van der Waals surface area contributed by atoms with Gasteiger partial charge >= 0.3 is 0 Å². The van der Waals surface area contributed by atoms with Crippen molar-refractivity contribution in [3.8, 4) is 0 Å². The first-order chi connectivity index (χ1) is 11.1. The highest BCUT2D eigenvalue weighted by Crippen LogP contribution is 2.16. The number of amides is 1. The largest absolute Gasteiger partial charge is 0.356 e. The lowest BCUT2D eigenvalue weighted by molar-refractivity contribution is -0.121. The fourth-order valence-corrected chi connectivity index (χ4v) is 3.15. The van der Waals surface area contributed by atoms with Crippen LogP contribution in [0, 0.1) is 13.8 Å². The minimum absolute atomic E-state index is 0.00383. The van der Waals surface area contributed by atoms with Crippen LogP contribution in [-0.4, -0.2) is 23.2 Å². The molecule has 0 saturated heterocycles. The van der Waals surface area contributed by atoms with Crippen LogP contribution >= 0.6 is 11.3 Å². The number of benzene rings is 1. The van der Waals surface area contributed by atoms with Crippen LogP contribution in [0.15, 0.2) is 30.3 Å². The van der Waals surface area contributed by atoms with Gasteiger partial charge in [0, 0.05) is 36.2 Å². The number of aryl methyl sites for hydroxylation is 2. The molecular formula is C18H22N2O2S. The minimum Gasteiger partial charge on any atom is -0.356 e. The summed E-state index contributed by atoms with van der Waals surface area (Å²) in [5.41, 5.74) is 1.78. The summed E-state index contributed by atoms with van der Waals surface area (Å²) < 4.78 is 0. The second-order valence-corrected chi connectivity index (χ2v) is 6.78. The maximum atomic E-state index is 11.9. The molecule has 1 heterocycles. The van der Waals surface area contributed by atoms with Crippen molar-refractivity contribution < 1.29 is 9.59 Å². The van der Waals surface area contributed by atoms with E-state index in [-0.39, 0.29) is 11.7 Å². The summed E-state index contributed by atoms with van der Waals surface area (Å²) in [6.45, 7) is 4.65. The first-order valence-corrected chi connectivity index (χ1v) is 8.66. The van der Waals surface area contributed by atoms with Crippen molar-refractivity contribution >= 4 is 23.0 Å². The molecule has 1 amide bonds. The molecule has 0 aliphatic carbocycles. The van der Waals surface area contributed by atoms with E-state index in [1.807, 2.05) is 25.1 Å². The molecule has 0 bridgehead atoms. The molecule has 0 fully saturated rings. The normalized spacial score (nSPS) is 10.5. The van der Waals surface area contributed by atoms with Crippen molar-refractivity contribution in [2.45, 2.75) is 39.5 Å². The standard InChI is InChI=1S/C18H22N2O2S/c1-13-14(2)23-18(20-13)11-12-19-17(22)10-6-9-16(21)15-7-4-3-5-8-15/h3-5,7-8H,6,9-12H2,1-2H3,(H,19,22). The Bertz CT molecular complexity index is 645. The highest BCUT2D eigenvalue weighted by molar-refractivity contribution is 7.11. The summed E-state index contributed by atoms with van der Waals surface area (Å²) in [6.07, 6.45) is 2.12. The molecule has 0 saturated carbocycles. The van der Waals surface area contributed by atoms with E-state index < -0.39 is 0 Å². The summed E-state index contributed by atoms with van der Waals surface area (Å²) in [4.78, 5) is 29.4. The van der Waals surface area contributed by atoms with Gasteiger partial charge in [0.25, 0.3) is 0 Å². The van der Waals surface area contributed by atoms with Crippen molar-refractivity contribution in [2.24, 2.45) is 0 Å². The van der Waals surface area contributed by atoms with Crippen molar-refractivity contribution in [1.82, 2.24) is 10.3 Å². The van der Waals surface area contributed by atoms with E-state index in [2.05, 4.69) is 17.2 Å². The number of ketones is 1. The van der Waals surface area contributed by atoms with Gasteiger partial charge in [0.15, 0.2) is 5.78 Å². The molecule has 0 spiro atoms. The molecule has 1 N–H and O–H groups in total. The quantitative estimate of drug-likeness (QED) is 0.754. The summed E-state index contributed by atoms with van der Waals surface area (Å²) >= 11 is 1.68. The number of nitrogens with zero attached hydrogens (tertiary/aromatic N) is 1. The molecule has 0 atom stereocenters. The highest BCUT2D eigenvalue weighted by Gasteiger charge is 2.08. The summed E-state index contributed by atoms with van der Waals surface area (Å²) in [5.74, 6) is 0.0861. The molecule has 23 heavy (non-hydrogen) atoms. The van der Waals surface area contributed by atoms with Crippen LogP contribution < -0.4 is 5.32 Å². The molecule has 1 aromatic heterocycles. The third-order valence-corrected chi connectivity index (χ3v) is 4.77. The molecular weight excluding hydrogens is 308 g/mol. The van der Waals surface area contributed by atoms with Gasteiger partial charge in [-0.1, -0.05) is 30.3 Å². The number of rotatable bonds is 8. The van der Waals surface area contributed by atoms with Crippen molar-refractivity contribution in [2.75, 3.05) is 6.54 Å². The second-order valence-electron chi connectivity index (χ2n) is 5.49. The Morgan fingerprint density at radius 1 is 1.13 bits per heavy atom. The van der Waals surface area contributed by atoms with Crippen LogP contribution in [-0.2, 0) is 11.2 Å². The highest BCUT2D eigenvalue weighted by atomic mass is 32.1. The molecule has 5 heteroatoms. The van der Waals surface area contributed by atoms with Crippen LogP contribution in [0.5, 0.6) is 0 Å². The summed E-state index contributed by atoms with van der Waals surface area (Å²) in [6, 6.07) is 9.19. The third kappa shape index (κ3) is 5.60. The zero-order chi connectivity index (χ0) is 16.7. The van der Waals surface area contributed by atoms with E-state index in [9.17, 15) is 9.59 Å². The Morgan fingerprint density at radius 3 is 2.52 bits per heavy atom. The van der Waals surface area contributed by atoms with Gasteiger partial charge in [-0.15, -0.1) is 11.3 Å². The smallest absolute Gasteiger partial charge is 0.220 e. The SMILES string of the molecule is Cc1nc(CCNC(=O)CCCC(=O)c2ccccc2)sc1C. The monoisotopic (exact) mass is 330 g/mol. The van der Waals surface area contributed by atoms with Gasteiger partial charge in [-0.25, -0.2) is 4.98 Å². The number of hydrogen-bond acceptors (Lipinski definition) is 4. The van der Waals surface area contributed by atoms with Gasteiger partial charge in [-0.3, -0.25) is 9.59 Å². The maximum Gasteiger partial charge on any atom is 0.220 e. The van der Waals surface area contributed by atoms with Gasteiger partial charge in [0.05, 0.1) is 10.7 Å². The first-order valence-electron chi connectivity index (χ1n) is 7.84. The summed E-state index contributed by atoms with van der Waals surface area (Å²) in [7, 11) is 0. The van der Waals surface area contributed by atoms with Gasteiger partial charge < -0.3 is 5.32 Å². The molecule has 0 radical (unpaired) electrons. The molecule has 0 aliphatic rings. The number of hydrogen-bond donors (Lipinski definition) is 1. The van der Waals surface area contributed by atoms with Gasteiger partial charge in [-0.05, 0) is 20.3 Å². The van der Waals surface area contributed by atoms with Gasteiger partial charge in [0.1, 0.15) is 0 Å². The van der Waals surface area contributed by atoms with Crippen molar-refractivity contribution in [1.29, 1.82) is 0 Å². The lowest BCUT2D eigenvalue weighted by atomic mass is 10.1. The molecule has 122 valence electrons. The average Bonchev–Trinajstić information content (AvgIpc) is 2.86. The van der Waals surface area contributed by atoms with Crippen LogP contribution in [0.2, 0.25) is 0 Å². The Balaban J connectivity index is 1.62. The average molecular weight is 330 g/mol. The maximum absolute atomic E-state index is 11.9. The van der Waals surface area contributed by atoms with E-state index in [1.165, 1.54) is 4.88 Å². The second kappa shape index (κ2) is 8.58. The van der Waals surface area contributed by atoms with E-state index in [4.69, 9.17) is 0 Å². The molecule has 0 unspecified atom stereocenters. The van der Waals surface area contributed by atoms with Crippen LogP contribution in [0.25, 0.3) is 0 Å². The van der Waals surface area contributed by atoms with Crippen LogP contribution in [0.4, 0.5) is 0 Å². The number of nitrogens with one attached hydrogen (secondary N) is 1. The molecule has 2 rings (SSSR count). The molecule has 1 aromatic carbocycles. The minimum atomic E-state index is -0.00383. The predicted molar refractivity (Wildman–Crippen MR) is 92.9 cm³/mol. The van der Waals surface area contributed by atoms with Crippen molar-refractivity contribution in [3.63, 3.8) is 0 Å². The predicted octanol–water partition coefficient (Wildman–Crippen LogP) is 3.47. The Kier molecular flexibility index (Phi) is 6.47. The van der Waals surface area contributed by atoms with Gasteiger partial charge in [0.2, 0.25) is 5.91 Å². The van der Waals surface area contributed by atoms with Crippen LogP contribution in [0.3, 0.4) is 0 Å². The lowest BCUT2D eigenvalue weighted by Gasteiger charge is -2.04. The Hall–Kier alpha value is -2.01. The van der Waals surface area contributed by atoms with E-state index in [1.54, 1.807) is 23.5 Å². The number of carbonyl (C=O) groups excluding carboxylic acids is 2. The van der Waals surface area contributed by atoms with Crippen molar-refractivity contribution in [3.05, 3.63) is 51.5 Å². The zero-order valence-corrected chi connectivity index (χ0v) is 14.4. The Labute approximate surface area is 141 Å². The lowest BCUT2D eigenvalue weighted by Crippen LogP contribution is -2.25. The van der Waals surface area contributed by atoms with E-state index >= 15 is 0 Å². The third-order valence-electron chi connectivity index (χ3n) is 3.64. The topological polar surface area (TPSA) is 59.1 Å². The number of carbonyl (C=O) groups is 2. The number of aromatic nitrogens is 1. The Morgan fingerprint density at radius 2 is 1.87 bits per heavy atom. The molecule has 4 nitrogen and oxygen atoms in total. The number of thiazole rings is 1. The molecule has 2 aromatic rings. The molecule has 0 aliphatic heterocycles. The fraction of sp³-hybridized carbons (Fsp3) is 0.389.